The summed E-state index contributed by atoms with van der Waals surface area (Å²) < 4.78 is 27.0. The molecule has 1 aromatic rings. The Hall–Kier alpha value is -0.560. The molecule has 0 fully saturated rings. The van der Waals surface area contributed by atoms with Gasteiger partial charge in [0.05, 0.1) is 4.90 Å². The highest BCUT2D eigenvalue weighted by molar-refractivity contribution is 7.98. The molecule has 1 rings (SSSR count). The van der Waals surface area contributed by atoms with Gasteiger partial charge in [-0.1, -0.05) is 12.1 Å². The molecule has 0 aliphatic carbocycles. The molecule has 20 heavy (non-hydrogen) atoms. The van der Waals surface area contributed by atoms with Crippen molar-refractivity contribution < 1.29 is 13.5 Å². The van der Waals surface area contributed by atoms with E-state index in [9.17, 15) is 8.42 Å². The summed E-state index contributed by atoms with van der Waals surface area (Å²) in [5.41, 5.74) is 1.04. The molecule has 1 aromatic carbocycles. The minimum absolute atomic E-state index is 0.0680. The first-order valence-corrected chi connectivity index (χ1v) is 9.58. The van der Waals surface area contributed by atoms with E-state index in [4.69, 9.17) is 5.11 Å². The molecule has 6 heteroatoms. The topological polar surface area (TPSA) is 66.4 Å². The van der Waals surface area contributed by atoms with E-state index < -0.39 is 10.0 Å². The van der Waals surface area contributed by atoms with Crippen molar-refractivity contribution >= 4 is 21.8 Å². The SMILES string of the molecule is CSCCC(C)NS(=O)(=O)c1ccc(CCCO)cc1. The standard InChI is InChI=1S/C14H23NO3S2/c1-12(9-11-19-2)15-20(17,18)14-7-5-13(6-8-14)4-3-10-16/h5-8,12,15-16H,3-4,9-11H2,1-2H3. The Labute approximate surface area is 126 Å². The number of hydrogen-bond acceptors (Lipinski definition) is 4. The van der Waals surface area contributed by atoms with Gasteiger partial charge in [0, 0.05) is 12.6 Å². The maximum Gasteiger partial charge on any atom is 0.240 e. The summed E-state index contributed by atoms with van der Waals surface area (Å²) in [4.78, 5) is 0.293. The molecule has 0 bridgehead atoms. The van der Waals surface area contributed by atoms with Crippen LogP contribution in [0.1, 0.15) is 25.3 Å². The van der Waals surface area contributed by atoms with Crippen LogP contribution in [0.25, 0.3) is 0 Å². The van der Waals surface area contributed by atoms with Gasteiger partial charge in [-0.05, 0) is 55.9 Å². The summed E-state index contributed by atoms with van der Waals surface area (Å²) in [5.74, 6) is 0.934. The average molecular weight is 317 g/mol. The normalized spacial score (nSPS) is 13.3. The number of thioether (sulfide) groups is 1. The third-order valence-electron chi connectivity index (χ3n) is 2.97. The van der Waals surface area contributed by atoms with Crippen LogP contribution in [0.15, 0.2) is 29.2 Å². The molecule has 0 aromatic heterocycles. The molecule has 0 radical (unpaired) electrons. The molecule has 0 aliphatic rings. The van der Waals surface area contributed by atoms with Gasteiger partial charge in [0.15, 0.2) is 0 Å². The fraction of sp³-hybridized carbons (Fsp3) is 0.571. The molecule has 0 heterocycles. The summed E-state index contributed by atoms with van der Waals surface area (Å²) in [6.45, 7) is 2.03. The zero-order valence-electron chi connectivity index (χ0n) is 12.0. The average Bonchev–Trinajstić information content (AvgIpc) is 2.43. The van der Waals surface area contributed by atoms with E-state index in [-0.39, 0.29) is 12.6 Å². The van der Waals surface area contributed by atoms with E-state index in [0.29, 0.717) is 11.3 Å². The van der Waals surface area contributed by atoms with Crippen LogP contribution in [-0.2, 0) is 16.4 Å². The largest absolute Gasteiger partial charge is 0.396 e. The highest BCUT2D eigenvalue weighted by atomic mass is 32.2. The van der Waals surface area contributed by atoms with Crippen LogP contribution in [0, 0.1) is 0 Å². The fourth-order valence-corrected chi connectivity index (χ4v) is 3.67. The van der Waals surface area contributed by atoms with Crippen molar-refractivity contribution in [3.05, 3.63) is 29.8 Å². The summed E-state index contributed by atoms with van der Waals surface area (Å²) in [6, 6.07) is 6.78. The molecule has 0 spiro atoms. The Balaban J connectivity index is 2.67. The Morgan fingerprint density at radius 2 is 1.95 bits per heavy atom. The lowest BCUT2D eigenvalue weighted by atomic mass is 10.1. The highest BCUT2D eigenvalue weighted by Crippen LogP contribution is 2.13. The zero-order valence-corrected chi connectivity index (χ0v) is 13.6. The third kappa shape index (κ3) is 5.83. The van der Waals surface area contributed by atoms with Gasteiger partial charge in [0.1, 0.15) is 0 Å². The van der Waals surface area contributed by atoms with Gasteiger partial charge >= 0.3 is 0 Å². The highest BCUT2D eigenvalue weighted by Gasteiger charge is 2.16. The van der Waals surface area contributed by atoms with Gasteiger partial charge in [-0.15, -0.1) is 0 Å². The van der Waals surface area contributed by atoms with Crippen molar-refractivity contribution in [1.82, 2.24) is 4.72 Å². The fourth-order valence-electron chi connectivity index (χ4n) is 1.80. The Morgan fingerprint density at radius 1 is 1.30 bits per heavy atom. The molecule has 0 amide bonds. The van der Waals surface area contributed by atoms with Gasteiger partial charge in [0.25, 0.3) is 0 Å². The molecule has 2 N–H and O–H groups in total. The van der Waals surface area contributed by atoms with Gasteiger partial charge in [-0.2, -0.15) is 11.8 Å². The first-order chi connectivity index (χ1) is 9.49. The van der Waals surface area contributed by atoms with Crippen molar-refractivity contribution in [1.29, 1.82) is 0 Å². The van der Waals surface area contributed by atoms with Gasteiger partial charge in [0.2, 0.25) is 10.0 Å². The van der Waals surface area contributed by atoms with Crippen molar-refractivity contribution in [3.8, 4) is 0 Å². The van der Waals surface area contributed by atoms with E-state index in [0.717, 1.165) is 24.2 Å². The number of aliphatic hydroxyl groups excluding tert-OH is 1. The van der Waals surface area contributed by atoms with Crippen LogP contribution in [0.2, 0.25) is 0 Å². The minimum Gasteiger partial charge on any atom is -0.396 e. The predicted molar refractivity (Wildman–Crippen MR) is 84.6 cm³/mol. The Kier molecular flexibility index (Phi) is 7.58. The number of rotatable bonds is 9. The van der Waals surface area contributed by atoms with Crippen LogP contribution >= 0.6 is 11.8 Å². The number of sulfonamides is 1. The smallest absolute Gasteiger partial charge is 0.240 e. The van der Waals surface area contributed by atoms with Crippen molar-refractivity contribution in [2.45, 2.75) is 37.1 Å². The van der Waals surface area contributed by atoms with E-state index in [1.165, 1.54) is 0 Å². The van der Waals surface area contributed by atoms with E-state index in [1.807, 2.05) is 13.2 Å². The molecule has 1 unspecified atom stereocenters. The second kappa shape index (κ2) is 8.67. The monoisotopic (exact) mass is 317 g/mol. The van der Waals surface area contributed by atoms with Crippen molar-refractivity contribution in [2.75, 3.05) is 18.6 Å². The number of nitrogens with one attached hydrogen (secondary N) is 1. The maximum absolute atomic E-state index is 12.2. The Morgan fingerprint density at radius 3 is 2.50 bits per heavy atom. The summed E-state index contributed by atoms with van der Waals surface area (Å²) in [7, 11) is -3.44. The second-order valence-corrected chi connectivity index (χ2v) is 7.47. The molecular formula is C14H23NO3S2. The molecule has 114 valence electrons. The molecule has 0 saturated carbocycles. The maximum atomic E-state index is 12.2. The number of aryl methyl sites for hydroxylation is 1. The molecule has 0 saturated heterocycles. The number of aliphatic hydroxyl groups is 1. The molecule has 0 aliphatic heterocycles. The van der Waals surface area contributed by atoms with Crippen LogP contribution in [0.3, 0.4) is 0 Å². The van der Waals surface area contributed by atoms with Crippen LogP contribution in [-0.4, -0.2) is 38.2 Å². The lowest BCUT2D eigenvalue weighted by molar-refractivity contribution is 0.288. The first kappa shape index (κ1) is 17.5. The number of hydrogen-bond donors (Lipinski definition) is 2. The van der Waals surface area contributed by atoms with E-state index in [1.54, 1.807) is 36.0 Å². The van der Waals surface area contributed by atoms with Gasteiger partial charge in [-0.25, -0.2) is 13.1 Å². The zero-order chi connectivity index (χ0) is 15.0. The third-order valence-corrected chi connectivity index (χ3v) is 5.22. The quantitative estimate of drug-likeness (QED) is 0.731. The summed E-state index contributed by atoms with van der Waals surface area (Å²) >= 11 is 1.71. The van der Waals surface area contributed by atoms with Gasteiger partial charge in [-0.3, -0.25) is 0 Å². The van der Waals surface area contributed by atoms with Gasteiger partial charge < -0.3 is 5.11 Å². The summed E-state index contributed by atoms with van der Waals surface area (Å²) in [6.07, 6.45) is 4.27. The number of benzene rings is 1. The predicted octanol–water partition coefficient (Wildman–Crippen LogP) is 2.03. The molecule has 4 nitrogen and oxygen atoms in total. The van der Waals surface area contributed by atoms with Crippen LogP contribution in [0.4, 0.5) is 0 Å². The van der Waals surface area contributed by atoms with Crippen LogP contribution < -0.4 is 4.72 Å². The lowest BCUT2D eigenvalue weighted by Crippen LogP contribution is -2.32. The second-order valence-electron chi connectivity index (χ2n) is 4.77. The van der Waals surface area contributed by atoms with Crippen LogP contribution in [0.5, 0.6) is 0 Å². The van der Waals surface area contributed by atoms with Crippen molar-refractivity contribution in [3.63, 3.8) is 0 Å². The molecular weight excluding hydrogens is 294 g/mol. The molecule has 1 atom stereocenters. The minimum atomic E-state index is -3.44. The lowest BCUT2D eigenvalue weighted by Gasteiger charge is -2.14. The Bertz CT molecular complexity index is 486. The first-order valence-electron chi connectivity index (χ1n) is 6.70. The van der Waals surface area contributed by atoms with Crippen molar-refractivity contribution in [2.24, 2.45) is 0 Å². The van der Waals surface area contributed by atoms with E-state index >= 15 is 0 Å². The van der Waals surface area contributed by atoms with E-state index in [2.05, 4.69) is 4.72 Å². The summed E-state index contributed by atoms with van der Waals surface area (Å²) in [5, 5.41) is 8.77.